The number of nitrogens with one attached hydrogen (secondary N) is 1. The normalized spacial score (nSPS) is 10.5. The Morgan fingerprint density at radius 3 is 2.08 bits per heavy atom. The Kier molecular flexibility index (Phi) is 14.1. The molecule has 10 heteroatoms. The fraction of sp³-hybridized carbons (Fsp3) is 0.100. The third kappa shape index (κ3) is 8.93. The number of aryl methyl sites for hydroxylation is 1. The number of hydrogen-bond acceptors (Lipinski definition) is 5. The Morgan fingerprint density at radius 2 is 1.45 bits per heavy atom. The van der Waals surface area contributed by atoms with E-state index in [4.69, 9.17) is 28.3 Å². The molecule has 40 heavy (non-hydrogen) atoms. The smallest absolute Gasteiger partial charge is 0.545 e. The van der Waals surface area contributed by atoms with Gasteiger partial charge in [-0.15, -0.1) is 0 Å². The van der Waals surface area contributed by atoms with Crippen LogP contribution < -0.4 is 40.0 Å². The summed E-state index contributed by atoms with van der Waals surface area (Å²) in [5.41, 5.74) is 3.51. The number of benzene rings is 4. The number of anilines is 2. The first kappa shape index (κ1) is 34.9. The van der Waals surface area contributed by atoms with Crippen molar-refractivity contribution < 1.29 is 59.6 Å². The van der Waals surface area contributed by atoms with Crippen LogP contribution >= 0.6 is 23.2 Å². The minimum Gasteiger partial charge on any atom is -0.545 e. The number of aromatic carboxylic acids is 1. The molecule has 7 nitrogen and oxygen atoms in total. The molecular formula is C30H26Cl2NNaO6. The van der Waals surface area contributed by atoms with Crippen molar-refractivity contribution in [3.05, 3.63) is 129 Å². The number of carboxylic acid groups (broad SMARTS) is 2. The quantitative estimate of drug-likeness (QED) is 0.251. The van der Waals surface area contributed by atoms with Crippen molar-refractivity contribution in [2.75, 3.05) is 5.32 Å². The molecule has 0 bridgehead atoms. The van der Waals surface area contributed by atoms with Crippen LogP contribution in [0.25, 0.3) is 0 Å². The first-order valence-electron chi connectivity index (χ1n) is 11.5. The van der Waals surface area contributed by atoms with Gasteiger partial charge in [-0.25, -0.2) is 0 Å². The Morgan fingerprint density at radius 1 is 0.850 bits per heavy atom. The molecule has 0 radical (unpaired) electrons. The summed E-state index contributed by atoms with van der Waals surface area (Å²) in [6, 6.07) is 25.6. The van der Waals surface area contributed by atoms with Gasteiger partial charge in [0.2, 0.25) is 0 Å². The minimum atomic E-state index is -1.26. The molecule has 0 saturated heterocycles. The van der Waals surface area contributed by atoms with Crippen molar-refractivity contribution in [2.24, 2.45) is 0 Å². The van der Waals surface area contributed by atoms with Crippen LogP contribution in [0.2, 0.25) is 10.0 Å². The molecule has 0 fully saturated rings. The summed E-state index contributed by atoms with van der Waals surface area (Å²) in [5.74, 6) is -2.88. The molecule has 0 aliphatic carbocycles. The number of rotatable bonds is 7. The first-order chi connectivity index (χ1) is 18.1. The summed E-state index contributed by atoms with van der Waals surface area (Å²) in [6.07, 6.45) is 0. The summed E-state index contributed by atoms with van der Waals surface area (Å²) >= 11 is 12.2. The topological polar surface area (TPSA) is 138 Å². The van der Waals surface area contributed by atoms with Crippen LogP contribution in [-0.2, 0) is 4.79 Å². The van der Waals surface area contributed by atoms with Crippen LogP contribution in [0.3, 0.4) is 0 Å². The van der Waals surface area contributed by atoms with E-state index in [2.05, 4.69) is 5.32 Å². The third-order valence-corrected chi connectivity index (χ3v) is 6.55. The third-order valence-electron chi connectivity index (χ3n) is 5.75. The largest absolute Gasteiger partial charge is 1.00 e. The maximum absolute atomic E-state index is 12.2. The van der Waals surface area contributed by atoms with Crippen LogP contribution in [0.5, 0.6) is 0 Å². The summed E-state index contributed by atoms with van der Waals surface area (Å²) in [4.78, 5) is 34.2. The molecule has 0 aliphatic rings. The Balaban J connectivity index is 0.000000381. The van der Waals surface area contributed by atoms with E-state index in [-0.39, 0.29) is 46.4 Å². The van der Waals surface area contributed by atoms with E-state index in [1.54, 1.807) is 85.8 Å². The number of carboxylic acids is 2. The molecule has 0 amide bonds. The number of carbonyl (C=O) groups is 3. The van der Waals surface area contributed by atoms with E-state index in [0.717, 1.165) is 5.56 Å². The molecule has 202 valence electrons. The molecule has 1 atom stereocenters. The number of ketones is 1. The number of aliphatic carboxylic acids is 1. The zero-order valence-corrected chi connectivity index (χ0v) is 25.6. The Labute approximate surface area is 264 Å². The second kappa shape index (κ2) is 16.2. The van der Waals surface area contributed by atoms with Gasteiger partial charge in [-0.05, 0) is 43.2 Å². The molecule has 0 aliphatic heterocycles. The SMILES string of the molecule is CC(C(=O)O)c1cccc(C(=O)c2ccccc2)c1.Cc1ccc(Cl)c(Nc2ccccc2C(=O)[O-])c1Cl.O.[Na+]. The maximum atomic E-state index is 12.2. The number of halogens is 2. The fourth-order valence-electron chi connectivity index (χ4n) is 3.52. The van der Waals surface area contributed by atoms with E-state index < -0.39 is 17.9 Å². The first-order valence-corrected chi connectivity index (χ1v) is 12.3. The van der Waals surface area contributed by atoms with Crippen LogP contribution in [0.1, 0.15) is 50.2 Å². The fourth-order valence-corrected chi connectivity index (χ4v) is 3.99. The van der Waals surface area contributed by atoms with Gasteiger partial charge in [0.25, 0.3) is 0 Å². The monoisotopic (exact) mass is 589 g/mol. The van der Waals surface area contributed by atoms with E-state index in [1.807, 2.05) is 13.0 Å². The van der Waals surface area contributed by atoms with E-state index >= 15 is 0 Å². The Hall–Kier alpha value is -3.17. The molecule has 1 unspecified atom stereocenters. The maximum Gasteiger partial charge on any atom is 1.00 e. The van der Waals surface area contributed by atoms with E-state index in [1.165, 1.54) is 6.07 Å². The van der Waals surface area contributed by atoms with Gasteiger partial charge < -0.3 is 25.8 Å². The number of hydrogen-bond donors (Lipinski definition) is 2. The van der Waals surface area contributed by atoms with Crippen molar-refractivity contribution in [1.29, 1.82) is 0 Å². The van der Waals surface area contributed by atoms with Gasteiger partial charge in [0, 0.05) is 22.4 Å². The van der Waals surface area contributed by atoms with Gasteiger partial charge in [-0.2, -0.15) is 0 Å². The van der Waals surface area contributed by atoms with Crippen LogP contribution in [-0.4, -0.2) is 28.3 Å². The van der Waals surface area contributed by atoms with Gasteiger partial charge in [-0.3, -0.25) is 9.59 Å². The van der Waals surface area contributed by atoms with Crippen LogP contribution in [0.15, 0.2) is 91.0 Å². The van der Waals surface area contributed by atoms with Gasteiger partial charge >= 0.3 is 35.5 Å². The second-order valence-electron chi connectivity index (χ2n) is 8.39. The standard InChI is InChI=1S/C16H14O3.C14H11Cl2NO2.Na.H2O/c1-11(16(18)19)13-8-5-9-14(10-13)15(17)12-6-3-2-4-7-12;1-8-6-7-10(15)13(12(8)16)17-11-5-3-2-4-9(11)14(18)19;;/h2-11H,1H3,(H,18,19);2-7,17H,1H3,(H,18,19);;1H2/q;;+1;/p-1. The van der Waals surface area contributed by atoms with Crippen molar-refractivity contribution in [2.45, 2.75) is 19.8 Å². The molecular weight excluding hydrogens is 564 g/mol. The molecule has 4 aromatic carbocycles. The summed E-state index contributed by atoms with van der Waals surface area (Å²) in [5, 5.41) is 23.9. The average molecular weight is 590 g/mol. The van der Waals surface area contributed by atoms with Crippen molar-refractivity contribution in [1.82, 2.24) is 0 Å². The van der Waals surface area contributed by atoms with Crippen molar-refractivity contribution >= 4 is 52.3 Å². The van der Waals surface area contributed by atoms with Crippen molar-refractivity contribution in [3.8, 4) is 0 Å². The molecule has 0 saturated carbocycles. The predicted molar refractivity (Wildman–Crippen MR) is 151 cm³/mol. The van der Waals surface area contributed by atoms with Gasteiger partial charge in [0.15, 0.2) is 5.78 Å². The van der Waals surface area contributed by atoms with E-state index in [9.17, 15) is 19.5 Å². The van der Waals surface area contributed by atoms with Gasteiger partial charge in [-0.1, -0.05) is 96.0 Å². The van der Waals surface area contributed by atoms with Crippen LogP contribution in [0.4, 0.5) is 11.4 Å². The average Bonchev–Trinajstić information content (AvgIpc) is 2.93. The molecule has 4 N–H and O–H groups in total. The molecule has 4 rings (SSSR count). The van der Waals surface area contributed by atoms with Gasteiger partial charge in [0.1, 0.15) is 0 Å². The van der Waals surface area contributed by atoms with E-state index in [0.29, 0.717) is 38.1 Å². The molecule has 4 aromatic rings. The summed E-state index contributed by atoms with van der Waals surface area (Å²) in [7, 11) is 0. The zero-order valence-electron chi connectivity index (χ0n) is 22.1. The number of para-hydroxylation sites is 1. The molecule has 0 aromatic heterocycles. The van der Waals surface area contributed by atoms with Gasteiger partial charge in [0.05, 0.1) is 27.6 Å². The minimum absolute atomic E-state index is 0. The van der Waals surface area contributed by atoms with Crippen LogP contribution in [0, 0.1) is 6.92 Å². The van der Waals surface area contributed by atoms with Crippen molar-refractivity contribution in [3.63, 3.8) is 0 Å². The predicted octanol–water partition coefficient (Wildman–Crippen LogP) is 2.69. The Bertz CT molecular complexity index is 1480. The molecule has 0 spiro atoms. The summed E-state index contributed by atoms with van der Waals surface area (Å²) < 4.78 is 0. The zero-order chi connectivity index (χ0) is 27.8. The molecule has 0 heterocycles. The number of carbonyl (C=O) groups excluding carboxylic acids is 2. The second-order valence-corrected chi connectivity index (χ2v) is 9.18. The summed E-state index contributed by atoms with van der Waals surface area (Å²) in [6.45, 7) is 3.45.